The van der Waals surface area contributed by atoms with E-state index in [-0.39, 0.29) is 17.0 Å². The molecule has 0 amide bonds. The van der Waals surface area contributed by atoms with Gasteiger partial charge >= 0.3 is 0 Å². The molecule has 0 unspecified atom stereocenters. The Labute approximate surface area is 166 Å². The van der Waals surface area contributed by atoms with Crippen LogP contribution in [0.5, 0.6) is 0 Å². The van der Waals surface area contributed by atoms with Crippen molar-refractivity contribution in [1.29, 1.82) is 0 Å². The lowest BCUT2D eigenvalue weighted by atomic mass is 9.95. The Hall–Kier alpha value is -1.29. The Morgan fingerprint density at radius 2 is 1.76 bits per heavy atom. The molecule has 0 N–H and O–H groups in total. The van der Waals surface area contributed by atoms with Crippen LogP contribution in [0.3, 0.4) is 0 Å². The van der Waals surface area contributed by atoms with Gasteiger partial charge in [-0.3, -0.25) is 0 Å². The van der Waals surface area contributed by atoms with Crippen LogP contribution in [0.1, 0.15) is 23.1 Å². The monoisotopic (exact) mass is 415 g/mol. The van der Waals surface area contributed by atoms with Gasteiger partial charge in [0, 0.05) is 16.2 Å². The first-order valence-corrected chi connectivity index (χ1v) is 9.33. The maximum Gasteiger partial charge on any atom is 0.0967 e. The second-order valence-corrected chi connectivity index (χ2v) is 8.22. The SMILES string of the molecule is C=CC[N+](C)(C)CC/C=C1\c2ccccc2Sc2ccc(C)cc21.[Br-]. The minimum absolute atomic E-state index is 0. The molecule has 25 heavy (non-hydrogen) atoms. The van der Waals surface area contributed by atoms with Crippen molar-refractivity contribution in [2.45, 2.75) is 23.1 Å². The summed E-state index contributed by atoms with van der Waals surface area (Å²) in [6.07, 6.45) is 5.51. The second kappa shape index (κ2) is 8.39. The number of hydrogen-bond acceptors (Lipinski definition) is 1. The molecule has 0 spiro atoms. The smallest absolute Gasteiger partial charge is 0.0967 e. The lowest BCUT2D eigenvalue weighted by Crippen LogP contribution is -3.00. The molecule has 0 bridgehead atoms. The van der Waals surface area contributed by atoms with E-state index in [0.29, 0.717) is 0 Å². The van der Waals surface area contributed by atoms with Crippen molar-refractivity contribution in [1.82, 2.24) is 0 Å². The quantitative estimate of drug-likeness (QED) is 0.455. The first-order valence-electron chi connectivity index (χ1n) is 8.51. The Balaban J connectivity index is 0.00000225. The highest BCUT2D eigenvalue weighted by molar-refractivity contribution is 7.99. The zero-order chi connectivity index (χ0) is 17.2. The minimum atomic E-state index is 0. The van der Waals surface area contributed by atoms with Gasteiger partial charge in [0.05, 0.1) is 27.2 Å². The first kappa shape index (κ1) is 20.0. The van der Waals surface area contributed by atoms with Gasteiger partial charge in [-0.25, -0.2) is 0 Å². The summed E-state index contributed by atoms with van der Waals surface area (Å²) in [5.41, 5.74) is 5.46. The topological polar surface area (TPSA) is 0 Å². The minimum Gasteiger partial charge on any atom is -1.00 e. The zero-order valence-electron chi connectivity index (χ0n) is 15.3. The van der Waals surface area contributed by atoms with Crippen LogP contribution in [-0.4, -0.2) is 31.7 Å². The maximum absolute atomic E-state index is 3.88. The lowest BCUT2D eigenvalue weighted by molar-refractivity contribution is -0.884. The summed E-state index contributed by atoms with van der Waals surface area (Å²) in [6.45, 7) is 8.18. The summed E-state index contributed by atoms with van der Waals surface area (Å²) in [7, 11) is 4.53. The van der Waals surface area contributed by atoms with Crippen molar-refractivity contribution < 1.29 is 21.5 Å². The van der Waals surface area contributed by atoms with Crippen LogP contribution in [0.4, 0.5) is 0 Å². The highest BCUT2D eigenvalue weighted by Gasteiger charge is 2.21. The van der Waals surface area contributed by atoms with Crippen LogP contribution in [0, 0.1) is 6.92 Å². The van der Waals surface area contributed by atoms with E-state index in [1.807, 2.05) is 17.8 Å². The van der Waals surface area contributed by atoms with E-state index in [9.17, 15) is 0 Å². The summed E-state index contributed by atoms with van der Waals surface area (Å²) in [5.74, 6) is 0. The van der Waals surface area contributed by atoms with E-state index >= 15 is 0 Å². The molecule has 0 radical (unpaired) electrons. The molecule has 132 valence electrons. The number of halogens is 1. The number of fused-ring (bicyclic) bond motifs is 2. The largest absolute Gasteiger partial charge is 1.00 e. The van der Waals surface area contributed by atoms with Crippen molar-refractivity contribution in [2.75, 3.05) is 27.2 Å². The van der Waals surface area contributed by atoms with E-state index in [1.54, 1.807) is 0 Å². The fraction of sp³-hybridized carbons (Fsp3) is 0.273. The molecule has 2 aromatic carbocycles. The van der Waals surface area contributed by atoms with Crippen molar-refractivity contribution in [3.05, 3.63) is 77.9 Å². The third kappa shape index (κ3) is 4.66. The molecule has 0 fully saturated rings. The second-order valence-electron chi connectivity index (χ2n) is 7.13. The number of quaternary nitrogens is 1. The third-order valence-corrected chi connectivity index (χ3v) is 5.68. The normalized spacial score (nSPS) is 14.4. The number of benzene rings is 2. The molecule has 1 heterocycles. The predicted molar refractivity (Wildman–Crippen MR) is 105 cm³/mol. The highest BCUT2D eigenvalue weighted by Crippen LogP contribution is 2.45. The fourth-order valence-corrected chi connectivity index (χ4v) is 4.29. The molecular weight excluding hydrogens is 390 g/mol. The molecule has 0 saturated carbocycles. The van der Waals surface area contributed by atoms with Crippen LogP contribution in [0.2, 0.25) is 0 Å². The van der Waals surface area contributed by atoms with Crippen LogP contribution < -0.4 is 17.0 Å². The molecule has 0 aliphatic carbocycles. The van der Waals surface area contributed by atoms with Crippen molar-refractivity contribution in [3.8, 4) is 0 Å². The Morgan fingerprint density at radius 1 is 1.04 bits per heavy atom. The zero-order valence-corrected chi connectivity index (χ0v) is 17.7. The summed E-state index contributed by atoms with van der Waals surface area (Å²) in [4.78, 5) is 2.73. The standard InChI is InChI=1S/C22H26NS.BrH/c1-5-14-23(3,4)15-8-10-18-19-9-6-7-11-21(19)24-22-13-12-17(2)16-20(18)22;/h5-7,9-13,16H,1,8,14-15H2,2-4H3;1H/q+1;/p-1/b18-10+;. The Bertz CT molecular complexity index is 792. The van der Waals surface area contributed by atoms with Crippen molar-refractivity contribution in [3.63, 3.8) is 0 Å². The Kier molecular flexibility index (Phi) is 6.72. The molecule has 1 aliphatic heterocycles. The van der Waals surface area contributed by atoms with E-state index in [1.165, 1.54) is 32.1 Å². The van der Waals surface area contributed by atoms with E-state index in [4.69, 9.17) is 0 Å². The van der Waals surface area contributed by atoms with Crippen molar-refractivity contribution >= 4 is 17.3 Å². The molecule has 3 rings (SSSR count). The third-order valence-electron chi connectivity index (χ3n) is 4.53. The van der Waals surface area contributed by atoms with Gasteiger partial charge in [0.25, 0.3) is 0 Å². The average Bonchev–Trinajstić information content (AvgIpc) is 2.54. The van der Waals surface area contributed by atoms with Gasteiger partial charge in [-0.1, -0.05) is 60.3 Å². The number of rotatable bonds is 5. The molecule has 0 saturated heterocycles. The molecule has 0 aromatic heterocycles. The van der Waals surface area contributed by atoms with Gasteiger partial charge < -0.3 is 21.5 Å². The predicted octanol–water partition coefficient (Wildman–Crippen LogP) is 2.55. The summed E-state index contributed by atoms with van der Waals surface area (Å²) in [6, 6.07) is 15.6. The van der Waals surface area contributed by atoms with Gasteiger partial charge in [0.2, 0.25) is 0 Å². The summed E-state index contributed by atoms with van der Waals surface area (Å²) in [5, 5.41) is 0. The Morgan fingerprint density at radius 3 is 2.52 bits per heavy atom. The molecule has 3 heteroatoms. The summed E-state index contributed by atoms with van der Waals surface area (Å²) < 4.78 is 0.977. The van der Waals surface area contributed by atoms with Gasteiger partial charge in [-0.2, -0.15) is 0 Å². The van der Waals surface area contributed by atoms with E-state index in [0.717, 1.165) is 24.0 Å². The molecule has 1 nitrogen and oxygen atoms in total. The summed E-state index contributed by atoms with van der Waals surface area (Å²) >= 11 is 1.88. The first-order chi connectivity index (χ1) is 11.5. The van der Waals surface area contributed by atoms with Gasteiger partial charge in [-0.15, -0.1) is 0 Å². The fourth-order valence-electron chi connectivity index (χ4n) is 3.20. The van der Waals surface area contributed by atoms with Crippen LogP contribution in [0.15, 0.2) is 71.0 Å². The molecule has 1 aliphatic rings. The number of aryl methyl sites for hydroxylation is 1. The van der Waals surface area contributed by atoms with Crippen LogP contribution >= 0.6 is 11.8 Å². The lowest BCUT2D eigenvalue weighted by Gasteiger charge is -2.28. The van der Waals surface area contributed by atoms with Gasteiger partial charge in [0.15, 0.2) is 0 Å². The van der Waals surface area contributed by atoms with E-state index < -0.39 is 0 Å². The molecule has 0 atom stereocenters. The number of likely N-dealkylation sites (N-methyl/N-ethyl adjacent to an activating group) is 1. The van der Waals surface area contributed by atoms with Gasteiger partial charge in [-0.05, 0) is 41.8 Å². The van der Waals surface area contributed by atoms with Gasteiger partial charge in [0.1, 0.15) is 0 Å². The van der Waals surface area contributed by atoms with Crippen molar-refractivity contribution in [2.24, 2.45) is 0 Å². The molecule has 2 aromatic rings. The highest BCUT2D eigenvalue weighted by atomic mass is 79.9. The number of hydrogen-bond donors (Lipinski definition) is 0. The maximum atomic E-state index is 3.88. The average molecular weight is 416 g/mol. The van der Waals surface area contributed by atoms with Crippen LogP contribution in [0.25, 0.3) is 5.57 Å². The van der Waals surface area contributed by atoms with E-state index in [2.05, 4.69) is 76.1 Å². The van der Waals surface area contributed by atoms with Crippen LogP contribution in [-0.2, 0) is 0 Å². The number of nitrogens with zero attached hydrogens (tertiary/aromatic N) is 1. The molecular formula is C22H26BrNS.